The minimum Gasteiger partial charge on any atom is -0.508 e. The van der Waals surface area contributed by atoms with Crippen molar-refractivity contribution in [2.45, 2.75) is 52.7 Å². The highest BCUT2D eigenvalue weighted by Crippen LogP contribution is 2.14. The van der Waals surface area contributed by atoms with Crippen LogP contribution in [0, 0.1) is 0 Å². The third-order valence-corrected chi connectivity index (χ3v) is 1.30. The summed E-state index contributed by atoms with van der Waals surface area (Å²) in [5.41, 5.74) is -0.430. The molecule has 0 heterocycles. The van der Waals surface area contributed by atoms with Gasteiger partial charge in [0.15, 0.2) is 0 Å². The topological polar surface area (TPSA) is 38.7 Å². The molecule has 3 nitrogen and oxygen atoms in total. The van der Waals surface area contributed by atoms with Crippen molar-refractivity contribution in [3.63, 3.8) is 0 Å². The largest absolute Gasteiger partial charge is 0.508 e. The zero-order chi connectivity index (χ0) is 13.5. The van der Waals surface area contributed by atoms with Crippen molar-refractivity contribution in [3.05, 3.63) is 30.3 Å². The lowest BCUT2D eigenvalue weighted by molar-refractivity contribution is -0.393. The van der Waals surface area contributed by atoms with E-state index in [9.17, 15) is 0 Å². The van der Waals surface area contributed by atoms with Gasteiger partial charge >= 0.3 is 0 Å². The van der Waals surface area contributed by atoms with Gasteiger partial charge in [-0.3, -0.25) is 0 Å². The van der Waals surface area contributed by atoms with Crippen LogP contribution in [0.1, 0.15) is 41.5 Å². The predicted molar refractivity (Wildman–Crippen MR) is 69.8 cm³/mol. The molecule has 0 aromatic heterocycles. The Kier molecular flexibility index (Phi) is 6.21. The molecular formula is C14H24O3. The van der Waals surface area contributed by atoms with Crippen molar-refractivity contribution in [2.24, 2.45) is 0 Å². The van der Waals surface area contributed by atoms with Gasteiger partial charge in [-0.2, -0.15) is 0 Å². The maximum Gasteiger partial charge on any atom is 0.115 e. The van der Waals surface area contributed by atoms with Gasteiger partial charge < -0.3 is 5.11 Å². The van der Waals surface area contributed by atoms with E-state index in [1.165, 1.54) is 0 Å². The summed E-state index contributed by atoms with van der Waals surface area (Å²) in [6.07, 6.45) is 0. The van der Waals surface area contributed by atoms with Gasteiger partial charge in [0, 0.05) is 0 Å². The second-order valence-corrected chi connectivity index (χ2v) is 5.73. The molecular weight excluding hydrogens is 216 g/mol. The van der Waals surface area contributed by atoms with E-state index < -0.39 is 0 Å². The highest BCUT2D eigenvalue weighted by molar-refractivity contribution is 5.18. The summed E-state index contributed by atoms with van der Waals surface area (Å²) >= 11 is 0. The number of aromatic hydroxyl groups is 1. The van der Waals surface area contributed by atoms with Gasteiger partial charge in [0.1, 0.15) is 5.75 Å². The smallest absolute Gasteiger partial charge is 0.115 e. The molecule has 1 aromatic carbocycles. The maximum atomic E-state index is 8.63. The van der Waals surface area contributed by atoms with Crippen LogP contribution in [-0.2, 0) is 9.78 Å². The molecule has 3 heteroatoms. The predicted octanol–water partition coefficient (Wildman–Crippen LogP) is 3.92. The zero-order valence-electron chi connectivity index (χ0n) is 11.7. The Bertz CT molecular complexity index is 279. The summed E-state index contributed by atoms with van der Waals surface area (Å²) in [6, 6.07) is 8.71. The molecule has 0 fully saturated rings. The summed E-state index contributed by atoms with van der Waals surface area (Å²) in [6.45, 7) is 11.7. The molecule has 1 N–H and O–H groups in total. The minimum absolute atomic E-state index is 0.215. The summed E-state index contributed by atoms with van der Waals surface area (Å²) in [4.78, 5) is 10.2. The molecule has 1 aromatic rings. The maximum absolute atomic E-state index is 8.63. The van der Waals surface area contributed by atoms with E-state index >= 15 is 0 Å². The number of benzene rings is 1. The molecule has 98 valence electrons. The minimum atomic E-state index is -0.215. The monoisotopic (exact) mass is 240 g/mol. The number of phenolic OH excluding ortho intramolecular Hbond substituents is 1. The van der Waals surface area contributed by atoms with E-state index in [0.717, 1.165) is 0 Å². The molecule has 0 spiro atoms. The second kappa shape index (κ2) is 6.62. The quantitative estimate of drug-likeness (QED) is 0.597. The number of phenols is 1. The number of rotatable bonds is 1. The fourth-order valence-electron chi connectivity index (χ4n) is 0.678. The molecule has 0 saturated carbocycles. The Labute approximate surface area is 104 Å². The van der Waals surface area contributed by atoms with Crippen LogP contribution in [0.5, 0.6) is 5.75 Å². The van der Waals surface area contributed by atoms with E-state index in [0.29, 0.717) is 5.75 Å². The van der Waals surface area contributed by atoms with E-state index in [-0.39, 0.29) is 11.2 Å². The van der Waals surface area contributed by atoms with Crippen molar-refractivity contribution in [3.8, 4) is 5.75 Å². The van der Waals surface area contributed by atoms with Gasteiger partial charge in [-0.05, 0) is 53.7 Å². The van der Waals surface area contributed by atoms with Crippen LogP contribution >= 0.6 is 0 Å². The average molecular weight is 240 g/mol. The molecule has 0 aliphatic carbocycles. The van der Waals surface area contributed by atoms with Crippen LogP contribution in [-0.4, -0.2) is 16.3 Å². The first-order valence-electron chi connectivity index (χ1n) is 5.71. The Morgan fingerprint density at radius 3 is 1.29 bits per heavy atom. The van der Waals surface area contributed by atoms with Crippen molar-refractivity contribution >= 4 is 0 Å². The number of para-hydroxylation sites is 1. The SMILES string of the molecule is CC(C)(C)OOC(C)(C)C.Oc1ccccc1. The van der Waals surface area contributed by atoms with Crippen molar-refractivity contribution in [2.75, 3.05) is 0 Å². The third kappa shape index (κ3) is 12.9. The highest BCUT2D eigenvalue weighted by atomic mass is 17.2. The molecule has 0 aliphatic heterocycles. The highest BCUT2D eigenvalue weighted by Gasteiger charge is 2.18. The van der Waals surface area contributed by atoms with Gasteiger partial charge in [0.05, 0.1) is 11.2 Å². The number of hydrogen-bond acceptors (Lipinski definition) is 3. The van der Waals surface area contributed by atoms with Gasteiger partial charge in [0.25, 0.3) is 0 Å². The Morgan fingerprint density at radius 1 is 0.765 bits per heavy atom. The fraction of sp³-hybridized carbons (Fsp3) is 0.571. The standard InChI is InChI=1S/C8H18O2.C6H6O/c1-7(2,3)9-10-8(4,5)6;7-6-4-2-1-3-5-6/h1-6H3;1-5,7H. The molecule has 17 heavy (non-hydrogen) atoms. The second-order valence-electron chi connectivity index (χ2n) is 5.73. The van der Waals surface area contributed by atoms with Crippen LogP contribution in [0.25, 0.3) is 0 Å². The van der Waals surface area contributed by atoms with E-state index in [2.05, 4.69) is 0 Å². The van der Waals surface area contributed by atoms with Gasteiger partial charge in [-0.1, -0.05) is 18.2 Å². The summed E-state index contributed by atoms with van der Waals surface area (Å²) in [5.74, 6) is 0.322. The van der Waals surface area contributed by atoms with Crippen LogP contribution in [0.3, 0.4) is 0 Å². The average Bonchev–Trinajstić information content (AvgIpc) is 2.15. The number of hydrogen-bond donors (Lipinski definition) is 1. The van der Waals surface area contributed by atoms with Crippen LogP contribution in [0.15, 0.2) is 30.3 Å². The third-order valence-electron chi connectivity index (χ3n) is 1.30. The molecule has 0 amide bonds. The molecule has 0 bridgehead atoms. The molecule has 0 radical (unpaired) electrons. The molecule has 0 aliphatic rings. The van der Waals surface area contributed by atoms with Gasteiger partial charge in [0.2, 0.25) is 0 Å². The fourth-order valence-corrected chi connectivity index (χ4v) is 0.678. The zero-order valence-corrected chi connectivity index (χ0v) is 11.7. The molecule has 0 atom stereocenters. The van der Waals surface area contributed by atoms with Crippen LogP contribution in [0.4, 0.5) is 0 Å². The van der Waals surface area contributed by atoms with Crippen LogP contribution < -0.4 is 0 Å². The lowest BCUT2D eigenvalue weighted by Gasteiger charge is -2.24. The van der Waals surface area contributed by atoms with E-state index in [1.807, 2.05) is 47.6 Å². The molecule has 0 unspecified atom stereocenters. The van der Waals surface area contributed by atoms with E-state index in [4.69, 9.17) is 14.9 Å². The van der Waals surface area contributed by atoms with E-state index in [1.54, 1.807) is 24.3 Å². The summed E-state index contributed by atoms with van der Waals surface area (Å²) in [5, 5.41) is 8.63. The lowest BCUT2D eigenvalue weighted by atomic mass is 10.2. The van der Waals surface area contributed by atoms with Crippen molar-refractivity contribution in [1.82, 2.24) is 0 Å². The lowest BCUT2D eigenvalue weighted by Crippen LogP contribution is -2.27. The first kappa shape index (κ1) is 15.9. The van der Waals surface area contributed by atoms with Crippen molar-refractivity contribution < 1.29 is 14.9 Å². The first-order valence-corrected chi connectivity index (χ1v) is 5.71. The van der Waals surface area contributed by atoms with Crippen LogP contribution in [0.2, 0.25) is 0 Å². The Hall–Kier alpha value is -1.06. The van der Waals surface area contributed by atoms with Gasteiger partial charge in [-0.25, -0.2) is 9.78 Å². The Balaban J connectivity index is 0.000000318. The Morgan fingerprint density at radius 2 is 1.12 bits per heavy atom. The van der Waals surface area contributed by atoms with Crippen molar-refractivity contribution in [1.29, 1.82) is 0 Å². The molecule has 0 saturated heterocycles. The first-order chi connectivity index (χ1) is 7.60. The summed E-state index contributed by atoms with van der Waals surface area (Å²) < 4.78 is 0. The summed E-state index contributed by atoms with van der Waals surface area (Å²) in [7, 11) is 0. The molecule has 1 rings (SSSR count). The van der Waals surface area contributed by atoms with Gasteiger partial charge in [-0.15, -0.1) is 0 Å². The normalized spacial score (nSPS) is 11.6.